The molecular weight excluding hydrogens is 400 g/mol. The first-order valence-corrected chi connectivity index (χ1v) is 10.4. The van der Waals surface area contributed by atoms with Crippen LogP contribution in [0.4, 0.5) is 4.79 Å². The van der Waals surface area contributed by atoms with Crippen LogP contribution in [0.2, 0.25) is 0 Å². The van der Waals surface area contributed by atoms with Crippen molar-refractivity contribution in [2.24, 2.45) is 0 Å². The van der Waals surface area contributed by atoms with Crippen LogP contribution in [-0.4, -0.2) is 70.3 Å². The van der Waals surface area contributed by atoms with Gasteiger partial charge in [0.05, 0.1) is 13.0 Å². The number of aliphatic hydroxyl groups is 1. The highest BCUT2D eigenvalue weighted by atomic mass is 16.6. The first kappa shape index (κ1) is 26.4. The molecule has 0 aliphatic carbocycles. The van der Waals surface area contributed by atoms with Gasteiger partial charge in [-0.1, -0.05) is 18.7 Å². The average molecular weight is 437 g/mol. The summed E-state index contributed by atoms with van der Waals surface area (Å²) in [6, 6.07) is 0. The van der Waals surface area contributed by atoms with E-state index in [0.29, 0.717) is 18.7 Å². The Bertz CT molecular complexity index is 740. The Kier molecular flexibility index (Phi) is 9.49. The Morgan fingerprint density at radius 2 is 1.74 bits per heavy atom. The van der Waals surface area contributed by atoms with Crippen LogP contribution >= 0.6 is 0 Å². The van der Waals surface area contributed by atoms with E-state index in [1.54, 1.807) is 64.7 Å². The fraction of sp³-hybridized carbons (Fsp3) is 0.609. The highest BCUT2D eigenvalue weighted by molar-refractivity contribution is 5.85. The number of rotatable bonds is 7. The molecular formula is C23H36N2O6. The van der Waals surface area contributed by atoms with E-state index in [-0.39, 0.29) is 32.0 Å². The van der Waals surface area contributed by atoms with Crippen LogP contribution in [0, 0.1) is 0 Å². The third-order valence-electron chi connectivity index (χ3n) is 4.12. The lowest BCUT2D eigenvalue weighted by molar-refractivity contribution is -0.155. The first-order valence-electron chi connectivity index (χ1n) is 10.4. The topological polar surface area (TPSA) is 96.4 Å². The lowest BCUT2D eigenvalue weighted by atomic mass is 10.1. The van der Waals surface area contributed by atoms with Crippen LogP contribution < -0.4 is 0 Å². The minimum atomic E-state index is -0.747. The van der Waals surface area contributed by atoms with Crippen molar-refractivity contribution >= 4 is 18.0 Å². The number of esters is 1. The summed E-state index contributed by atoms with van der Waals surface area (Å²) in [7, 11) is 0. The second kappa shape index (κ2) is 11.1. The van der Waals surface area contributed by atoms with E-state index in [9.17, 15) is 19.5 Å². The van der Waals surface area contributed by atoms with Gasteiger partial charge in [0.1, 0.15) is 17.7 Å². The monoisotopic (exact) mass is 436 g/mol. The summed E-state index contributed by atoms with van der Waals surface area (Å²) in [6.45, 7) is 14.2. The highest BCUT2D eigenvalue weighted by Gasteiger charge is 2.31. The molecule has 8 nitrogen and oxygen atoms in total. The van der Waals surface area contributed by atoms with E-state index in [0.717, 1.165) is 5.57 Å². The van der Waals surface area contributed by atoms with Crippen molar-refractivity contribution in [3.8, 4) is 0 Å². The van der Waals surface area contributed by atoms with E-state index >= 15 is 0 Å². The smallest absolute Gasteiger partial charge is 0.410 e. The zero-order valence-corrected chi connectivity index (χ0v) is 19.6. The minimum absolute atomic E-state index is 0.0107. The molecule has 0 atom stereocenters. The van der Waals surface area contributed by atoms with Crippen molar-refractivity contribution in [2.45, 2.75) is 65.6 Å². The number of nitrogens with zero attached hydrogens (tertiary/aromatic N) is 2. The van der Waals surface area contributed by atoms with Crippen molar-refractivity contribution in [3.05, 3.63) is 36.1 Å². The molecule has 0 saturated carbocycles. The van der Waals surface area contributed by atoms with Gasteiger partial charge in [-0.15, -0.1) is 0 Å². The molecule has 0 aromatic carbocycles. The molecule has 1 rings (SSSR count). The molecule has 31 heavy (non-hydrogen) atoms. The van der Waals surface area contributed by atoms with Gasteiger partial charge in [-0.05, 0) is 59.6 Å². The van der Waals surface area contributed by atoms with Gasteiger partial charge in [-0.3, -0.25) is 14.5 Å². The fourth-order valence-electron chi connectivity index (χ4n) is 2.97. The predicted molar refractivity (Wildman–Crippen MR) is 118 cm³/mol. The average Bonchev–Trinajstić information content (AvgIpc) is 2.99. The molecule has 1 aliphatic rings. The van der Waals surface area contributed by atoms with Crippen molar-refractivity contribution in [1.29, 1.82) is 0 Å². The molecule has 1 fully saturated rings. The summed E-state index contributed by atoms with van der Waals surface area (Å²) in [4.78, 5) is 40.6. The van der Waals surface area contributed by atoms with Crippen molar-refractivity contribution in [1.82, 2.24) is 9.80 Å². The predicted octanol–water partition coefficient (Wildman–Crippen LogP) is 3.18. The van der Waals surface area contributed by atoms with Gasteiger partial charge < -0.3 is 19.5 Å². The number of hydrogen-bond acceptors (Lipinski definition) is 6. The van der Waals surface area contributed by atoms with E-state index in [4.69, 9.17) is 9.47 Å². The van der Waals surface area contributed by atoms with Gasteiger partial charge >= 0.3 is 12.1 Å². The number of amides is 2. The molecule has 0 bridgehead atoms. The highest BCUT2D eigenvalue weighted by Crippen LogP contribution is 2.27. The summed E-state index contributed by atoms with van der Waals surface area (Å²) in [5, 5.41) is 9.22. The van der Waals surface area contributed by atoms with Crippen LogP contribution in [0.1, 0.15) is 54.4 Å². The van der Waals surface area contributed by atoms with Crippen LogP contribution in [-0.2, 0) is 19.1 Å². The molecule has 0 spiro atoms. The van der Waals surface area contributed by atoms with E-state index in [2.05, 4.69) is 6.58 Å². The largest absolute Gasteiger partial charge is 0.460 e. The van der Waals surface area contributed by atoms with Gasteiger partial charge in [-0.2, -0.15) is 0 Å². The van der Waals surface area contributed by atoms with Crippen molar-refractivity contribution in [3.63, 3.8) is 0 Å². The normalized spacial score (nSPS) is 17.1. The molecule has 1 saturated heterocycles. The summed E-state index contributed by atoms with van der Waals surface area (Å²) >= 11 is 0. The van der Waals surface area contributed by atoms with Crippen LogP contribution in [0.5, 0.6) is 0 Å². The summed E-state index contributed by atoms with van der Waals surface area (Å²) in [6.07, 6.45) is 4.77. The Morgan fingerprint density at radius 1 is 1.13 bits per heavy atom. The Hall–Kier alpha value is -2.61. The lowest BCUT2D eigenvalue weighted by Gasteiger charge is -2.29. The lowest BCUT2D eigenvalue weighted by Crippen LogP contribution is -2.44. The molecule has 1 aliphatic heterocycles. The number of aliphatic hydroxyl groups excluding tert-OH is 1. The number of likely N-dealkylation sites (tertiary alicyclic amines) is 1. The number of ether oxygens (including phenoxy) is 2. The molecule has 8 heteroatoms. The third-order valence-corrected chi connectivity index (χ3v) is 4.12. The van der Waals surface area contributed by atoms with Gasteiger partial charge in [-0.25, -0.2) is 4.79 Å². The maximum Gasteiger partial charge on any atom is 0.410 e. The standard InChI is InChI=1S/C23H36N2O6/c1-8-9-18-17(12-15-26)10-14-25(18)19(27)16-24(21(29)31-23(5,6)7)13-11-20(28)30-22(2,3)4/h8-9,12,26H,1,10-11,13-16H2,2-7H3/b17-12-,18-9+. The molecule has 174 valence electrons. The number of carbonyl (C=O) groups is 3. The van der Waals surface area contributed by atoms with Crippen molar-refractivity contribution in [2.75, 3.05) is 26.2 Å². The Labute approximate surface area is 185 Å². The number of hydrogen-bond donors (Lipinski definition) is 1. The molecule has 0 aromatic rings. The van der Waals surface area contributed by atoms with Gasteiger partial charge in [0.2, 0.25) is 5.91 Å². The third kappa shape index (κ3) is 9.38. The van der Waals surface area contributed by atoms with E-state index in [1.165, 1.54) is 4.90 Å². The zero-order valence-electron chi connectivity index (χ0n) is 19.6. The Balaban J connectivity index is 2.97. The summed E-state index contributed by atoms with van der Waals surface area (Å²) in [5.74, 6) is -0.778. The summed E-state index contributed by atoms with van der Waals surface area (Å²) < 4.78 is 10.7. The second-order valence-electron chi connectivity index (χ2n) is 9.23. The van der Waals surface area contributed by atoms with Gasteiger partial charge in [0.25, 0.3) is 0 Å². The van der Waals surface area contributed by atoms with Gasteiger partial charge in [0.15, 0.2) is 0 Å². The van der Waals surface area contributed by atoms with E-state index in [1.807, 2.05) is 0 Å². The maximum atomic E-state index is 13.0. The van der Waals surface area contributed by atoms with Gasteiger partial charge in [0, 0.05) is 18.8 Å². The van der Waals surface area contributed by atoms with Crippen LogP contribution in [0.15, 0.2) is 36.1 Å². The number of allylic oxidation sites excluding steroid dienone is 3. The SMILES string of the molecule is C=C/C=C1\C(=C/CO)CCN1C(=O)CN(CCC(=O)OC(C)(C)C)C(=O)OC(C)(C)C. The number of carbonyl (C=O) groups excluding carboxylic acids is 3. The second-order valence-corrected chi connectivity index (χ2v) is 9.23. The summed E-state index contributed by atoms with van der Waals surface area (Å²) in [5.41, 5.74) is 0.0979. The molecule has 1 N–H and O–H groups in total. The Morgan fingerprint density at radius 3 is 2.26 bits per heavy atom. The van der Waals surface area contributed by atoms with E-state index < -0.39 is 23.3 Å². The fourth-order valence-corrected chi connectivity index (χ4v) is 2.97. The zero-order chi connectivity index (χ0) is 23.8. The molecule has 0 aromatic heterocycles. The molecule has 2 amide bonds. The van der Waals surface area contributed by atoms with Crippen LogP contribution in [0.25, 0.3) is 0 Å². The molecule has 0 unspecified atom stereocenters. The molecule has 0 radical (unpaired) electrons. The first-order chi connectivity index (χ1) is 14.3. The van der Waals surface area contributed by atoms with Crippen LogP contribution in [0.3, 0.4) is 0 Å². The molecule has 1 heterocycles. The maximum absolute atomic E-state index is 13.0. The van der Waals surface area contributed by atoms with Crippen molar-refractivity contribution < 1.29 is 29.0 Å². The minimum Gasteiger partial charge on any atom is -0.460 e. The quantitative estimate of drug-likeness (QED) is 0.616.